The lowest BCUT2D eigenvalue weighted by Crippen LogP contribution is -2.35. The highest BCUT2D eigenvalue weighted by atomic mass is 32.1. The van der Waals surface area contributed by atoms with E-state index in [1.807, 2.05) is 11.3 Å². The molecule has 2 rings (SSSR count). The lowest BCUT2D eigenvalue weighted by Gasteiger charge is -2.30. The molecule has 1 aromatic rings. The standard InChI is InChI=1S/C16H29N3S/c1-4-14-15(11-17-5-2)20-16(18-14)8-10-19-9-6-7-13(3)12-19/h13,17H,4-12H2,1-3H3. The molecule has 0 aromatic carbocycles. The first-order chi connectivity index (χ1) is 9.72. The summed E-state index contributed by atoms with van der Waals surface area (Å²) in [5, 5.41) is 4.75. The summed E-state index contributed by atoms with van der Waals surface area (Å²) in [7, 11) is 0. The highest BCUT2D eigenvalue weighted by Gasteiger charge is 2.17. The van der Waals surface area contributed by atoms with Crippen LogP contribution in [0.2, 0.25) is 0 Å². The van der Waals surface area contributed by atoms with Crippen LogP contribution in [0.4, 0.5) is 0 Å². The normalized spacial score (nSPS) is 20.4. The largest absolute Gasteiger partial charge is 0.312 e. The van der Waals surface area contributed by atoms with E-state index >= 15 is 0 Å². The van der Waals surface area contributed by atoms with Gasteiger partial charge in [-0.25, -0.2) is 4.98 Å². The van der Waals surface area contributed by atoms with Gasteiger partial charge < -0.3 is 10.2 Å². The third kappa shape index (κ3) is 4.54. The van der Waals surface area contributed by atoms with Gasteiger partial charge in [-0.2, -0.15) is 0 Å². The number of aryl methyl sites for hydroxylation is 1. The molecule has 1 saturated heterocycles. The van der Waals surface area contributed by atoms with Gasteiger partial charge in [0, 0.05) is 30.9 Å². The Morgan fingerprint density at radius 2 is 2.25 bits per heavy atom. The zero-order chi connectivity index (χ0) is 14.4. The van der Waals surface area contributed by atoms with E-state index in [2.05, 4.69) is 31.0 Å². The number of thiazole rings is 1. The fraction of sp³-hybridized carbons (Fsp3) is 0.812. The van der Waals surface area contributed by atoms with E-state index in [9.17, 15) is 0 Å². The van der Waals surface area contributed by atoms with Gasteiger partial charge in [-0.05, 0) is 38.3 Å². The summed E-state index contributed by atoms with van der Waals surface area (Å²) in [5.41, 5.74) is 1.30. The minimum Gasteiger partial charge on any atom is -0.312 e. The third-order valence-corrected chi connectivity index (χ3v) is 5.23. The molecule has 1 aliphatic rings. The zero-order valence-corrected chi connectivity index (χ0v) is 14.1. The summed E-state index contributed by atoms with van der Waals surface area (Å²) in [6.07, 6.45) is 4.94. The summed E-state index contributed by atoms with van der Waals surface area (Å²) in [6, 6.07) is 0. The second-order valence-corrected chi connectivity index (χ2v) is 7.08. The fourth-order valence-electron chi connectivity index (χ4n) is 2.94. The van der Waals surface area contributed by atoms with E-state index in [0.717, 1.165) is 31.8 Å². The number of aromatic nitrogens is 1. The van der Waals surface area contributed by atoms with Crippen LogP contribution >= 0.6 is 11.3 Å². The highest BCUT2D eigenvalue weighted by molar-refractivity contribution is 7.11. The molecule has 4 heteroatoms. The van der Waals surface area contributed by atoms with Crippen LogP contribution < -0.4 is 5.32 Å². The molecule has 0 aliphatic carbocycles. The number of hydrogen-bond acceptors (Lipinski definition) is 4. The van der Waals surface area contributed by atoms with E-state index in [0.29, 0.717) is 0 Å². The van der Waals surface area contributed by atoms with Gasteiger partial charge in [0.1, 0.15) is 0 Å². The average molecular weight is 295 g/mol. The summed E-state index contributed by atoms with van der Waals surface area (Å²) in [6.45, 7) is 12.5. The Morgan fingerprint density at radius 1 is 1.40 bits per heavy atom. The Labute approximate surface area is 127 Å². The Morgan fingerprint density at radius 3 is 2.95 bits per heavy atom. The van der Waals surface area contributed by atoms with Crippen molar-refractivity contribution in [3.05, 3.63) is 15.6 Å². The van der Waals surface area contributed by atoms with Crippen molar-refractivity contribution in [3.8, 4) is 0 Å². The molecule has 0 amide bonds. The monoisotopic (exact) mass is 295 g/mol. The molecule has 1 N–H and O–H groups in total. The fourth-order valence-corrected chi connectivity index (χ4v) is 4.06. The minimum absolute atomic E-state index is 0.871. The summed E-state index contributed by atoms with van der Waals surface area (Å²) in [4.78, 5) is 8.89. The zero-order valence-electron chi connectivity index (χ0n) is 13.2. The molecule has 0 bridgehead atoms. The molecule has 1 aliphatic heterocycles. The lowest BCUT2D eigenvalue weighted by molar-refractivity contribution is 0.186. The van der Waals surface area contributed by atoms with Gasteiger partial charge in [-0.15, -0.1) is 11.3 Å². The van der Waals surface area contributed by atoms with E-state index in [4.69, 9.17) is 4.98 Å². The number of hydrogen-bond donors (Lipinski definition) is 1. The maximum atomic E-state index is 4.84. The quantitative estimate of drug-likeness (QED) is 0.838. The van der Waals surface area contributed by atoms with Gasteiger partial charge in [0.05, 0.1) is 10.7 Å². The molecular formula is C16H29N3S. The van der Waals surface area contributed by atoms with Crippen LogP contribution in [-0.4, -0.2) is 36.1 Å². The van der Waals surface area contributed by atoms with Gasteiger partial charge in [0.25, 0.3) is 0 Å². The van der Waals surface area contributed by atoms with Crippen LogP contribution in [0, 0.1) is 5.92 Å². The molecule has 0 spiro atoms. The molecule has 1 aromatic heterocycles. The van der Waals surface area contributed by atoms with E-state index in [-0.39, 0.29) is 0 Å². The smallest absolute Gasteiger partial charge is 0.0944 e. The predicted molar refractivity (Wildman–Crippen MR) is 87.4 cm³/mol. The Hall–Kier alpha value is -0.450. The third-order valence-electron chi connectivity index (χ3n) is 4.08. The van der Waals surface area contributed by atoms with E-state index in [1.54, 1.807) is 0 Å². The van der Waals surface area contributed by atoms with Crippen molar-refractivity contribution in [2.24, 2.45) is 5.92 Å². The molecular weight excluding hydrogens is 266 g/mol. The average Bonchev–Trinajstić information content (AvgIpc) is 2.85. The minimum atomic E-state index is 0.871. The van der Waals surface area contributed by atoms with E-state index in [1.165, 1.54) is 48.1 Å². The number of rotatable bonds is 7. The van der Waals surface area contributed by atoms with Gasteiger partial charge in [0.15, 0.2) is 0 Å². The summed E-state index contributed by atoms with van der Waals surface area (Å²) >= 11 is 1.91. The molecule has 3 nitrogen and oxygen atoms in total. The summed E-state index contributed by atoms with van der Waals surface area (Å²) in [5.74, 6) is 0.871. The second kappa shape index (κ2) is 8.11. The van der Waals surface area contributed by atoms with Gasteiger partial charge in [-0.1, -0.05) is 20.8 Å². The van der Waals surface area contributed by atoms with Crippen molar-refractivity contribution in [1.82, 2.24) is 15.2 Å². The first-order valence-electron chi connectivity index (χ1n) is 8.13. The number of piperidine rings is 1. The first kappa shape index (κ1) is 15.9. The Bertz CT molecular complexity index is 402. The van der Waals surface area contributed by atoms with Crippen molar-refractivity contribution in [2.45, 2.75) is 53.0 Å². The molecule has 1 atom stereocenters. The maximum absolute atomic E-state index is 4.84. The van der Waals surface area contributed by atoms with Crippen LogP contribution in [-0.2, 0) is 19.4 Å². The lowest BCUT2D eigenvalue weighted by atomic mass is 10.0. The molecule has 0 radical (unpaired) electrons. The Balaban J connectivity index is 1.87. The van der Waals surface area contributed by atoms with Gasteiger partial charge in [-0.3, -0.25) is 0 Å². The van der Waals surface area contributed by atoms with Crippen molar-refractivity contribution >= 4 is 11.3 Å². The predicted octanol–water partition coefficient (Wildman–Crippen LogP) is 3.09. The highest BCUT2D eigenvalue weighted by Crippen LogP contribution is 2.21. The van der Waals surface area contributed by atoms with Gasteiger partial charge >= 0.3 is 0 Å². The topological polar surface area (TPSA) is 28.2 Å². The van der Waals surface area contributed by atoms with Crippen LogP contribution in [0.1, 0.15) is 49.2 Å². The second-order valence-electron chi connectivity index (χ2n) is 5.91. The van der Waals surface area contributed by atoms with Crippen LogP contribution in [0.15, 0.2) is 0 Å². The maximum Gasteiger partial charge on any atom is 0.0944 e. The number of nitrogens with one attached hydrogen (secondary N) is 1. The number of nitrogens with zero attached hydrogens (tertiary/aromatic N) is 2. The molecule has 0 saturated carbocycles. The van der Waals surface area contributed by atoms with Crippen molar-refractivity contribution in [3.63, 3.8) is 0 Å². The summed E-state index contributed by atoms with van der Waals surface area (Å²) < 4.78 is 0. The van der Waals surface area contributed by atoms with Crippen molar-refractivity contribution in [1.29, 1.82) is 0 Å². The van der Waals surface area contributed by atoms with Crippen molar-refractivity contribution in [2.75, 3.05) is 26.2 Å². The molecule has 1 fully saturated rings. The number of likely N-dealkylation sites (tertiary alicyclic amines) is 1. The molecule has 114 valence electrons. The van der Waals surface area contributed by atoms with Crippen LogP contribution in [0.5, 0.6) is 0 Å². The SMILES string of the molecule is CCNCc1sc(CCN2CCCC(C)C2)nc1CC. The van der Waals surface area contributed by atoms with Gasteiger partial charge in [0.2, 0.25) is 0 Å². The van der Waals surface area contributed by atoms with E-state index < -0.39 is 0 Å². The Kier molecular flexibility index (Phi) is 6.46. The first-order valence-corrected chi connectivity index (χ1v) is 8.95. The molecule has 2 heterocycles. The van der Waals surface area contributed by atoms with Crippen LogP contribution in [0.25, 0.3) is 0 Å². The van der Waals surface area contributed by atoms with Crippen LogP contribution in [0.3, 0.4) is 0 Å². The molecule has 1 unspecified atom stereocenters. The molecule has 20 heavy (non-hydrogen) atoms. The van der Waals surface area contributed by atoms with Crippen molar-refractivity contribution < 1.29 is 0 Å².